The molecule has 3 heteroatoms. The van der Waals surface area contributed by atoms with Crippen LogP contribution in [0, 0.1) is 0 Å². The van der Waals surface area contributed by atoms with Gasteiger partial charge in [0.25, 0.3) is 0 Å². The van der Waals surface area contributed by atoms with Crippen LogP contribution in [0.1, 0.15) is 13.8 Å². The number of hydrogen-bond acceptors (Lipinski definition) is 2. The first-order valence-corrected chi connectivity index (χ1v) is 2.59. The van der Waals surface area contributed by atoms with Crippen molar-refractivity contribution in [3.8, 4) is 0 Å². The number of rotatable bonds is 2. The highest BCUT2D eigenvalue weighted by atomic mass is 16.1. The molecular weight excluding hydrogens is 116 g/mol. The lowest BCUT2D eigenvalue weighted by Gasteiger charge is -2.02. The van der Waals surface area contributed by atoms with Crippen molar-refractivity contribution < 1.29 is 4.79 Å². The van der Waals surface area contributed by atoms with Crippen molar-refractivity contribution >= 4 is 5.91 Å². The lowest BCUT2D eigenvalue weighted by atomic mass is 10.4. The van der Waals surface area contributed by atoms with Gasteiger partial charge in [-0.2, -0.15) is 0 Å². The first-order valence-electron chi connectivity index (χ1n) is 2.59. The Morgan fingerprint density at radius 1 is 1.67 bits per heavy atom. The minimum Gasteiger partial charge on any atom is -0.350 e. The molecule has 0 aromatic heterocycles. The molecule has 0 aromatic rings. The molecule has 0 aliphatic heterocycles. The Kier molecular flexibility index (Phi) is 6.51. The van der Waals surface area contributed by atoms with Gasteiger partial charge in [0.1, 0.15) is 0 Å². The Balaban J connectivity index is 0. The van der Waals surface area contributed by atoms with Crippen LogP contribution in [-0.2, 0) is 4.79 Å². The lowest BCUT2D eigenvalue weighted by Crippen LogP contribution is -2.27. The van der Waals surface area contributed by atoms with Gasteiger partial charge in [-0.3, -0.25) is 4.79 Å². The molecule has 4 N–H and O–H groups in total. The summed E-state index contributed by atoms with van der Waals surface area (Å²) < 4.78 is 0. The second-order valence-electron chi connectivity index (χ2n) is 1.87. The van der Waals surface area contributed by atoms with Crippen LogP contribution < -0.4 is 11.5 Å². The average Bonchev–Trinajstić information content (AvgIpc) is 1.65. The SMILES string of the molecule is C=CC(=O)NC(C)C.N. The van der Waals surface area contributed by atoms with Gasteiger partial charge in [-0.1, -0.05) is 6.58 Å². The van der Waals surface area contributed by atoms with Gasteiger partial charge in [-0.25, -0.2) is 0 Å². The smallest absolute Gasteiger partial charge is 0.243 e. The maximum atomic E-state index is 10.4. The van der Waals surface area contributed by atoms with Crippen molar-refractivity contribution in [2.45, 2.75) is 19.9 Å². The number of nitrogens with one attached hydrogen (secondary N) is 1. The molecule has 0 heterocycles. The summed E-state index contributed by atoms with van der Waals surface area (Å²) in [5.41, 5.74) is 0. The van der Waals surface area contributed by atoms with Crippen molar-refractivity contribution in [3.05, 3.63) is 12.7 Å². The van der Waals surface area contributed by atoms with E-state index < -0.39 is 0 Å². The van der Waals surface area contributed by atoms with Gasteiger partial charge in [-0.15, -0.1) is 0 Å². The maximum Gasteiger partial charge on any atom is 0.243 e. The minimum atomic E-state index is -0.111. The molecule has 0 aromatic carbocycles. The van der Waals surface area contributed by atoms with Gasteiger partial charge in [0.05, 0.1) is 0 Å². The fourth-order valence-electron chi connectivity index (χ4n) is 0.343. The molecule has 9 heavy (non-hydrogen) atoms. The maximum absolute atomic E-state index is 10.4. The highest BCUT2D eigenvalue weighted by Gasteiger charge is 1.93. The Bertz CT molecular complexity index is 99.2. The predicted octanol–water partition coefficient (Wildman–Crippen LogP) is 0.859. The molecule has 0 unspecified atom stereocenters. The molecule has 0 rings (SSSR count). The fraction of sp³-hybridized carbons (Fsp3) is 0.500. The highest BCUT2D eigenvalue weighted by molar-refractivity contribution is 5.86. The summed E-state index contributed by atoms with van der Waals surface area (Å²) in [6, 6.07) is 0.209. The van der Waals surface area contributed by atoms with Gasteiger partial charge >= 0.3 is 0 Å². The van der Waals surface area contributed by atoms with Crippen LogP contribution in [0.5, 0.6) is 0 Å². The summed E-state index contributed by atoms with van der Waals surface area (Å²) in [5, 5.41) is 2.64. The zero-order valence-corrected chi connectivity index (χ0v) is 5.98. The monoisotopic (exact) mass is 130 g/mol. The Hall–Kier alpha value is -0.830. The summed E-state index contributed by atoms with van der Waals surface area (Å²) >= 11 is 0. The third kappa shape index (κ3) is 7.17. The van der Waals surface area contributed by atoms with Gasteiger partial charge in [0.15, 0.2) is 0 Å². The minimum absolute atomic E-state index is 0. The molecule has 54 valence electrons. The highest BCUT2D eigenvalue weighted by Crippen LogP contribution is 1.75. The van der Waals surface area contributed by atoms with E-state index in [9.17, 15) is 4.79 Å². The molecule has 0 radical (unpaired) electrons. The first-order chi connectivity index (χ1) is 3.66. The van der Waals surface area contributed by atoms with E-state index in [2.05, 4.69) is 11.9 Å². The standard InChI is InChI=1S/C6H11NO.H3N/c1-4-6(8)7-5(2)3;/h4-5H,1H2,2-3H3,(H,7,8);1H3. The molecule has 0 atom stereocenters. The Morgan fingerprint density at radius 3 is 2.22 bits per heavy atom. The zero-order valence-electron chi connectivity index (χ0n) is 5.98. The fourth-order valence-corrected chi connectivity index (χ4v) is 0.343. The van der Waals surface area contributed by atoms with Crippen LogP contribution in [0.15, 0.2) is 12.7 Å². The molecule has 0 aliphatic rings. The normalized spacial score (nSPS) is 7.89. The predicted molar refractivity (Wildman–Crippen MR) is 38.5 cm³/mol. The van der Waals surface area contributed by atoms with Gasteiger partial charge in [0.2, 0.25) is 5.91 Å². The Labute approximate surface area is 55.7 Å². The molecule has 0 saturated carbocycles. The molecule has 1 amide bonds. The molecule has 3 nitrogen and oxygen atoms in total. The third-order valence-corrected chi connectivity index (χ3v) is 0.616. The first kappa shape index (κ1) is 11.0. The second kappa shape index (κ2) is 5.31. The molecule has 0 spiro atoms. The molecule has 0 fully saturated rings. The van der Waals surface area contributed by atoms with Crippen LogP contribution in [-0.4, -0.2) is 11.9 Å². The number of carbonyl (C=O) groups is 1. The van der Waals surface area contributed by atoms with Crippen LogP contribution in [0.25, 0.3) is 0 Å². The summed E-state index contributed by atoms with van der Waals surface area (Å²) in [6.07, 6.45) is 1.26. The van der Waals surface area contributed by atoms with Crippen molar-refractivity contribution in [2.75, 3.05) is 0 Å². The van der Waals surface area contributed by atoms with E-state index in [4.69, 9.17) is 0 Å². The number of hydrogen-bond donors (Lipinski definition) is 2. The summed E-state index contributed by atoms with van der Waals surface area (Å²) in [6.45, 7) is 7.11. The molecule has 0 bridgehead atoms. The number of carbonyl (C=O) groups excluding carboxylic acids is 1. The van der Waals surface area contributed by atoms with Crippen LogP contribution >= 0.6 is 0 Å². The van der Waals surface area contributed by atoms with Gasteiger partial charge in [-0.05, 0) is 19.9 Å². The summed E-state index contributed by atoms with van der Waals surface area (Å²) in [5.74, 6) is -0.111. The van der Waals surface area contributed by atoms with E-state index >= 15 is 0 Å². The second-order valence-corrected chi connectivity index (χ2v) is 1.87. The van der Waals surface area contributed by atoms with Crippen LogP contribution in [0.4, 0.5) is 0 Å². The van der Waals surface area contributed by atoms with E-state index in [1.54, 1.807) is 0 Å². The van der Waals surface area contributed by atoms with E-state index in [1.165, 1.54) is 6.08 Å². The van der Waals surface area contributed by atoms with Crippen molar-refractivity contribution in [1.82, 2.24) is 11.5 Å². The summed E-state index contributed by atoms with van der Waals surface area (Å²) in [7, 11) is 0. The average molecular weight is 130 g/mol. The Morgan fingerprint density at radius 2 is 2.11 bits per heavy atom. The van der Waals surface area contributed by atoms with Crippen LogP contribution in [0.3, 0.4) is 0 Å². The molecule has 0 saturated heterocycles. The largest absolute Gasteiger partial charge is 0.350 e. The van der Waals surface area contributed by atoms with E-state index in [0.717, 1.165) is 0 Å². The quantitative estimate of drug-likeness (QED) is 0.544. The number of amides is 1. The van der Waals surface area contributed by atoms with E-state index in [0.29, 0.717) is 0 Å². The molecule has 0 aliphatic carbocycles. The zero-order chi connectivity index (χ0) is 6.57. The van der Waals surface area contributed by atoms with E-state index in [-0.39, 0.29) is 18.1 Å². The molecular formula is C6H14N2O. The van der Waals surface area contributed by atoms with Crippen molar-refractivity contribution in [3.63, 3.8) is 0 Å². The summed E-state index contributed by atoms with van der Waals surface area (Å²) in [4.78, 5) is 10.4. The van der Waals surface area contributed by atoms with Crippen LogP contribution in [0.2, 0.25) is 0 Å². The van der Waals surface area contributed by atoms with Gasteiger partial charge < -0.3 is 11.5 Å². The van der Waals surface area contributed by atoms with Crippen molar-refractivity contribution in [2.24, 2.45) is 0 Å². The van der Waals surface area contributed by atoms with E-state index in [1.807, 2.05) is 13.8 Å². The lowest BCUT2D eigenvalue weighted by molar-refractivity contribution is -0.116. The topological polar surface area (TPSA) is 64.1 Å². The van der Waals surface area contributed by atoms with Crippen molar-refractivity contribution in [1.29, 1.82) is 0 Å². The third-order valence-electron chi connectivity index (χ3n) is 0.616. The van der Waals surface area contributed by atoms with Gasteiger partial charge in [0, 0.05) is 6.04 Å².